The van der Waals surface area contributed by atoms with Crippen LogP contribution in [0.5, 0.6) is 0 Å². The molecule has 0 saturated carbocycles. The van der Waals surface area contributed by atoms with Crippen LogP contribution in [0.25, 0.3) is 0 Å². The van der Waals surface area contributed by atoms with Gasteiger partial charge in [0.25, 0.3) is 0 Å². The number of hydrogen-bond acceptors (Lipinski definition) is 4. The van der Waals surface area contributed by atoms with Crippen LogP contribution in [0.1, 0.15) is 24.2 Å². The predicted molar refractivity (Wildman–Crippen MR) is 101 cm³/mol. The minimum absolute atomic E-state index is 0.0810. The molecule has 25 heavy (non-hydrogen) atoms. The molecule has 3 rings (SSSR count). The van der Waals surface area contributed by atoms with Crippen molar-refractivity contribution in [3.05, 3.63) is 54.0 Å². The van der Waals surface area contributed by atoms with Crippen molar-refractivity contribution in [2.45, 2.75) is 30.8 Å². The minimum Gasteiger partial charge on any atom is -0.468 e. The third-order valence-electron chi connectivity index (χ3n) is 4.74. The summed E-state index contributed by atoms with van der Waals surface area (Å²) in [5, 5.41) is 0. The Hall–Kier alpha value is -1.72. The summed E-state index contributed by atoms with van der Waals surface area (Å²) in [5.74, 6) is 1.30. The van der Waals surface area contributed by atoms with Crippen molar-refractivity contribution in [2.24, 2.45) is 5.92 Å². The molecule has 1 aliphatic heterocycles. The molecule has 1 saturated heterocycles. The Balaban J connectivity index is 1.57. The lowest BCUT2D eigenvalue weighted by Gasteiger charge is -2.33. The molecule has 4 nitrogen and oxygen atoms in total. The van der Waals surface area contributed by atoms with Gasteiger partial charge in [-0.05, 0) is 55.5 Å². The summed E-state index contributed by atoms with van der Waals surface area (Å²) < 4.78 is 5.44. The van der Waals surface area contributed by atoms with Gasteiger partial charge >= 0.3 is 0 Å². The van der Waals surface area contributed by atoms with Gasteiger partial charge in [0.1, 0.15) is 5.76 Å². The SMILES string of the molecule is CSc1cccc(CN(C)C(=O)[C@H]2CCCN(Cc3ccco3)C2)c1. The molecule has 5 heteroatoms. The van der Waals surface area contributed by atoms with Gasteiger partial charge in [0.05, 0.1) is 18.7 Å². The normalized spacial score (nSPS) is 18.2. The van der Waals surface area contributed by atoms with Crippen LogP contribution in [0.2, 0.25) is 0 Å². The molecule has 0 aliphatic carbocycles. The number of rotatable bonds is 6. The number of piperidine rings is 1. The van der Waals surface area contributed by atoms with Gasteiger partial charge in [0, 0.05) is 25.0 Å². The Morgan fingerprint density at radius 2 is 2.24 bits per heavy atom. The molecule has 1 aliphatic rings. The Morgan fingerprint density at radius 1 is 1.36 bits per heavy atom. The first-order valence-electron chi connectivity index (χ1n) is 8.78. The van der Waals surface area contributed by atoms with E-state index < -0.39 is 0 Å². The van der Waals surface area contributed by atoms with Crippen molar-refractivity contribution < 1.29 is 9.21 Å². The molecule has 0 bridgehead atoms. The summed E-state index contributed by atoms with van der Waals surface area (Å²) in [6.07, 6.45) is 5.82. The first kappa shape index (κ1) is 18.1. The predicted octanol–water partition coefficient (Wildman–Crippen LogP) is 3.87. The van der Waals surface area contributed by atoms with E-state index in [4.69, 9.17) is 4.42 Å². The molecule has 2 heterocycles. The second kappa shape index (κ2) is 8.59. The first-order valence-corrected chi connectivity index (χ1v) is 10.0. The van der Waals surface area contributed by atoms with E-state index in [0.717, 1.165) is 38.2 Å². The van der Waals surface area contributed by atoms with Gasteiger partial charge in [0.15, 0.2) is 0 Å². The molecule has 0 unspecified atom stereocenters. The van der Waals surface area contributed by atoms with Crippen LogP contribution in [0.4, 0.5) is 0 Å². The van der Waals surface area contributed by atoms with Crippen LogP contribution in [-0.4, -0.2) is 42.1 Å². The largest absolute Gasteiger partial charge is 0.468 e. The third-order valence-corrected chi connectivity index (χ3v) is 5.47. The van der Waals surface area contributed by atoms with Gasteiger partial charge in [-0.25, -0.2) is 0 Å². The van der Waals surface area contributed by atoms with Crippen LogP contribution in [0.15, 0.2) is 52.0 Å². The highest BCUT2D eigenvalue weighted by atomic mass is 32.2. The second-order valence-corrected chi connectivity index (χ2v) is 7.58. The molecule has 2 aromatic rings. The van der Waals surface area contributed by atoms with E-state index in [2.05, 4.69) is 35.4 Å². The highest BCUT2D eigenvalue weighted by Crippen LogP contribution is 2.22. The maximum atomic E-state index is 12.9. The summed E-state index contributed by atoms with van der Waals surface area (Å²) >= 11 is 1.73. The Labute approximate surface area is 154 Å². The summed E-state index contributed by atoms with van der Waals surface area (Å²) in [6, 6.07) is 12.3. The summed E-state index contributed by atoms with van der Waals surface area (Å²) in [6.45, 7) is 3.30. The lowest BCUT2D eigenvalue weighted by Crippen LogP contribution is -2.43. The quantitative estimate of drug-likeness (QED) is 0.735. The van der Waals surface area contributed by atoms with Crippen molar-refractivity contribution in [3.8, 4) is 0 Å². The smallest absolute Gasteiger partial charge is 0.227 e. The molecule has 1 atom stereocenters. The van der Waals surface area contributed by atoms with E-state index in [1.54, 1.807) is 18.0 Å². The maximum absolute atomic E-state index is 12.9. The number of thioether (sulfide) groups is 1. The number of carbonyl (C=O) groups is 1. The molecule has 0 spiro atoms. The molecule has 0 N–H and O–H groups in total. The number of hydrogen-bond donors (Lipinski definition) is 0. The molecular weight excluding hydrogens is 332 g/mol. The van der Waals surface area contributed by atoms with Crippen LogP contribution in [0.3, 0.4) is 0 Å². The van der Waals surface area contributed by atoms with E-state index in [-0.39, 0.29) is 11.8 Å². The van der Waals surface area contributed by atoms with Gasteiger partial charge in [-0.15, -0.1) is 11.8 Å². The van der Waals surface area contributed by atoms with Gasteiger partial charge < -0.3 is 9.32 Å². The van der Waals surface area contributed by atoms with Crippen LogP contribution in [0, 0.1) is 5.92 Å². The van der Waals surface area contributed by atoms with Crippen molar-refractivity contribution in [1.29, 1.82) is 0 Å². The lowest BCUT2D eigenvalue weighted by atomic mass is 9.96. The zero-order valence-electron chi connectivity index (χ0n) is 15.0. The number of nitrogens with zero attached hydrogens (tertiary/aromatic N) is 2. The maximum Gasteiger partial charge on any atom is 0.227 e. The monoisotopic (exact) mass is 358 g/mol. The topological polar surface area (TPSA) is 36.7 Å². The van der Waals surface area contributed by atoms with E-state index in [9.17, 15) is 4.79 Å². The average Bonchev–Trinajstić information content (AvgIpc) is 3.14. The zero-order chi connectivity index (χ0) is 17.6. The van der Waals surface area contributed by atoms with E-state index in [1.807, 2.05) is 24.1 Å². The zero-order valence-corrected chi connectivity index (χ0v) is 15.8. The fourth-order valence-corrected chi connectivity index (χ4v) is 3.94. The molecule has 134 valence electrons. The highest BCUT2D eigenvalue weighted by molar-refractivity contribution is 7.98. The lowest BCUT2D eigenvalue weighted by molar-refractivity contribution is -0.136. The Morgan fingerprint density at radius 3 is 3.00 bits per heavy atom. The first-order chi connectivity index (χ1) is 12.2. The molecule has 0 radical (unpaired) electrons. The van der Waals surface area contributed by atoms with Crippen LogP contribution < -0.4 is 0 Å². The van der Waals surface area contributed by atoms with E-state index in [1.165, 1.54) is 10.5 Å². The molecular formula is C20H26N2O2S. The van der Waals surface area contributed by atoms with Crippen molar-refractivity contribution >= 4 is 17.7 Å². The van der Waals surface area contributed by atoms with Crippen molar-refractivity contribution in [3.63, 3.8) is 0 Å². The number of amides is 1. The van der Waals surface area contributed by atoms with E-state index in [0.29, 0.717) is 6.54 Å². The molecule has 1 amide bonds. The second-order valence-electron chi connectivity index (χ2n) is 6.70. The molecule has 1 aromatic carbocycles. The van der Waals surface area contributed by atoms with Gasteiger partial charge in [-0.2, -0.15) is 0 Å². The molecule has 1 fully saturated rings. The number of carbonyl (C=O) groups excluding carboxylic acids is 1. The van der Waals surface area contributed by atoms with Crippen LogP contribution in [-0.2, 0) is 17.9 Å². The number of likely N-dealkylation sites (tertiary alicyclic amines) is 1. The van der Waals surface area contributed by atoms with E-state index >= 15 is 0 Å². The summed E-state index contributed by atoms with van der Waals surface area (Å²) in [7, 11) is 1.92. The summed E-state index contributed by atoms with van der Waals surface area (Å²) in [4.78, 5) is 18.3. The van der Waals surface area contributed by atoms with Crippen LogP contribution >= 0.6 is 11.8 Å². The number of furan rings is 1. The number of benzene rings is 1. The highest BCUT2D eigenvalue weighted by Gasteiger charge is 2.28. The van der Waals surface area contributed by atoms with Gasteiger partial charge in [-0.3, -0.25) is 9.69 Å². The molecule has 1 aromatic heterocycles. The fraction of sp³-hybridized carbons (Fsp3) is 0.450. The summed E-state index contributed by atoms with van der Waals surface area (Å²) in [5.41, 5.74) is 1.19. The average molecular weight is 359 g/mol. The minimum atomic E-state index is 0.0810. The Kier molecular flexibility index (Phi) is 6.21. The Bertz CT molecular complexity index is 687. The van der Waals surface area contributed by atoms with Gasteiger partial charge in [0.2, 0.25) is 5.91 Å². The van der Waals surface area contributed by atoms with Crippen molar-refractivity contribution in [1.82, 2.24) is 9.80 Å². The van der Waals surface area contributed by atoms with Gasteiger partial charge in [-0.1, -0.05) is 12.1 Å². The van der Waals surface area contributed by atoms with Crippen molar-refractivity contribution in [2.75, 3.05) is 26.4 Å². The fourth-order valence-electron chi connectivity index (χ4n) is 3.46. The standard InChI is InChI=1S/C20H26N2O2S/c1-21(13-16-6-3-9-19(12-16)25-2)20(23)17-7-4-10-22(14-17)15-18-8-5-11-24-18/h3,5-6,8-9,11-12,17H,4,7,10,13-15H2,1-2H3/t17-/m0/s1. The third kappa shape index (κ3) is 4.89.